The first-order chi connectivity index (χ1) is 4.81. The Morgan fingerprint density at radius 2 is 2.20 bits per heavy atom. The van der Waals surface area contributed by atoms with Crippen LogP contribution in [0.3, 0.4) is 0 Å². The van der Waals surface area contributed by atoms with Crippen molar-refractivity contribution in [1.29, 1.82) is 0 Å². The summed E-state index contributed by atoms with van der Waals surface area (Å²) in [6, 6.07) is 0. The zero-order valence-corrected chi connectivity index (χ0v) is 6.80. The van der Waals surface area contributed by atoms with Gasteiger partial charge in [-0.05, 0) is 13.3 Å². The van der Waals surface area contributed by atoms with E-state index in [1.54, 1.807) is 6.08 Å². The minimum atomic E-state index is 0.141. The van der Waals surface area contributed by atoms with Gasteiger partial charge in [0.1, 0.15) is 0 Å². The first-order valence-corrected chi connectivity index (χ1v) is 3.75. The molecule has 0 aliphatic rings. The number of rotatable bonds is 4. The van der Waals surface area contributed by atoms with Crippen LogP contribution in [0, 0.1) is 0 Å². The van der Waals surface area contributed by atoms with Crippen molar-refractivity contribution in [2.45, 2.75) is 26.7 Å². The quantitative estimate of drug-likeness (QED) is 0.594. The van der Waals surface area contributed by atoms with Gasteiger partial charge in [-0.3, -0.25) is 0 Å². The van der Waals surface area contributed by atoms with Crippen molar-refractivity contribution in [1.82, 2.24) is 0 Å². The maximum atomic E-state index is 8.48. The molecular formula is C9H16O. The third kappa shape index (κ3) is 5.57. The maximum Gasteiger partial charge on any atom is 0.0617 e. The largest absolute Gasteiger partial charge is 0.392 e. The molecule has 0 saturated heterocycles. The second-order valence-electron chi connectivity index (χ2n) is 2.32. The van der Waals surface area contributed by atoms with Crippen molar-refractivity contribution in [3.8, 4) is 0 Å². The normalized spacial score (nSPS) is 12.9. The molecule has 0 fully saturated rings. The van der Waals surface area contributed by atoms with Crippen molar-refractivity contribution in [3.05, 3.63) is 23.8 Å². The summed E-state index contributed by atoms with van der Waals surface area (Å²) in [7, 11) is 0. The molecule has 0 rings (SSSR count). The lowest BCUT2D eigenvalue weighted by atomic mass is 10.2. The molecule has 0 spiro atoms. The van der Waals surface area contributed by atoms with E-state index in [1.165, 1.54) is 6.42 Å². The van der Waals surface area contributed by atoms with E-state index < -0.39 is 0 Å². The van der Waals surface area contributed by atoms with E-state index in [1.807, 2.05) is 13.0 Å². The zero-order valence-electron chi connectivity index (χ0n) is 6.80. The Kier molecular flexibility index (Phi) is 6.19. The summed E-state index contributed by atoms with van der Waals surface area (Å²) >= 11 is 0. The van der Waals surface area contributed by atoms with Crippen molar-refractivity contribution in [2.24, 2.45) is 0 Å². The Labute approximate surface area is 63.1 Å². The van der Waals surface area contributed by atoms with E-state index >= 15 is 0 Å². The maximum absolute atomic E-state index is 8.48. The molecule has 0 bridgehead atoms. The van der Waals surface area contributed by atoms with Gasteiger partial charge < -0.3 is 5.11 Å². The molecule has 1 nitrogen and oxygen atoms in total. The van der Waals surface area contributed by atoms with Crippen molar-refractivity contribution >= 4 is 0 Å². The van der Waals surface area contributed by atoms with Gasteiger partial charge in [0, 0.05) is 0 Å². The fourth-order valence-corrected chi connectivity index (χ4v) is 0.648. The molecule has 0 atom stereocenters. The van der Waals surface area contributed by atoms with E-state index in [2.05, 4.69) is 13.0 Å². The van der Waals surface area contributed by atoms with E-state index in [9.17, 15) is 0 Å². The molecule has 0 aromatic heterocycles. The van der Waals surface area contributed by atoms with Crippen LogP contribution in [0.25, 0.3) is 0 Å². The Morgan fingerprint density at radius 3 is 2.70 bits per heavy atom. The molecule has 0 aromatic rings. The van der Waals surface area contributed by atoms with E-state index in [4.69, 9.17) is 5.11 Å². The van der Waals surface area contributed by atoms with Gasteiger partial charge in [0.25, 0.3) is 0 Å². The van der Waals surface area contributed by atoms with Gasteiger partial charge in [0.15, 0.2) is 0 Å². The lowest BCUT2D eigenvalue weighted by Crippen LogP contribution is -1.75. The molecule has 0 saturated carbocycles. The minimum absolute atomic E-state index is 0.141. The van der Waals surface area contributed by atoms with Gasteiger partial charge in [0.2, 0.25) is 0 Å². The summed E-state index contributed by atoms with van der Waals surface area (Å²) < 4.78 is 0. The topological polar surface area (TPSA) is 20.2 Å². The van der Waals surface area contributed by atoms with E-state index in [0.29, 0.717) is 0 Å². The van der Waals surface area contributed by atoms with Crippen molar-refractivity contribution < 1.29 is 5.11 Å². The Balaban J connectivity index is 3.55. The summed E-state index contributed by atoms with van der Waals surface area (Å²) in [5.74, 6) is 0. The Morgan fingerprint density at radius 1 is 1.50 bits per heavy atom. The fourth-order valence-electron chi connectivity index (χ4n) is 0.648. The van der Waals surface area contributed by atoms with Gasteiger partial charge in [0.05, 0.1) is 6.61 Å². The summed E-state index contributed by atoms with van der Waals surface area (Å²) in [6.45, 7) is 4.28. The molecule has 0 aromatic carbocycles. The third-order valence-corrected chi connectivity index (χ3v) is 1.25. The highest BCUT2D eigenvalue weighted by Crippen LogP contribution is 1.96. The summed E-state index contributed by atoms with van der Waals surface area (Å²) in [5, 5.41) is 8.48. The molecule has 58 valence electrons. The predicted molar refractivity (Wildman–Crippen MR) is 44.9 cm³/mol. The second kappa shape index (κ2) is 6.56. The lowest BCUT2D eigenvalue weighted by molar-refractivity contribution is 0.342. The molecule has 0 radical (unpaired) electrons. The summed E-state index contributed by atoms with van der Waals surface area (Å²) in [5.41, 5.74) is 1.14. The first kappa shape index (κ1) is 9.44. The molecule has 0 heterocycles. The van der Waals surface area contributed by atoms with E-state index in [-0.39, 0.29) is 6.61 Å². The Hall–Kier alpha value is -0.560. The number of hydrogen-bond donors (Lipinski definition) is 1. The van der Waals surface area contributed by atoms with Crippen molar-refractivity contribution in [3.63, 3.8) is 0 Å². The molecule has 0 unspecified atom stereocenters. The number of aliphatic hydroxyl groups is 1. The van der Waals surface area contributed by atoms with Crippen LogP contribution in [0.15, 0.2) is 23.8 Å². The van der Waals surface area contributed by atoms with Crippen LogP contribution >= 0.6 is 0 Å². The predicted octanol–water partition coefficient (Wildman–Crippen LogP) is 2.28. The standard InChI is InChI=1S/C9H16O/c1-3-4-5-6-9(2)7-8-10/h5-7,10H,3-4,8H2,1-2H3/b6-5+,9-7+. The molecule has 0 aliphatic carbocycles. The third-order valence-electron chi connectivity index (χ3n) is 1.25. The van der Waals surface area contributed by atoms with Gasteiger partial charge in [-0.15, -0.1) is 0 Å². The second-order valence-corrected chi connectivity index (χ2v) is 2.32. The summed E-state index contributed by atoms with van der Waals surface area (Å²) in [4.78, 5) is 0. The SMILES string of the molecule is CCC/C=C/C(C)=C/CO. The summed E-state index contributed by atoms with van der Waals surface area (Å²) in [6.07, 6.45) is 8.27. The monoisotopic (exact) mass is 140 g/mol. The van der Waals surface area contributed by atoms with Gasteiger partial charge in [-0.2, -0.15) is 0 Å². The van der Waals surface area contributed by atoms with Crippen LogP contribution in [0.4, 0.5) is 0 Å². The first-order valence-electron chi connectivity index (χ1n) is 3.75. The average Bonchev–Trinajstić information content (AvgIpc) is 1.89. The highest BCUT2D eigenvalue weighted by molar-refractivity contribution is 5.15. The van der Waals surface area contributed by atoms with E-state index in [0.717, 1.165) is 12.0 Å². The molecular weight excluding hydrogens is 124 g/mol. The van der Waals surface area contributed by atoms with Crippen LogP contribution in [0.5, 0.6) is 0 Å². The fraction of sp³-hybridized carbons (Fsp3) is 0.556. The van der Waals surface area contributed by atoms with Gasteiger partial charge >= 0.3 is 0 Å². The molecule has 1 heteroatoms. The van der Waals surface area contributed by atoms with Crippen LogP contribution in [-0.2, 0) is 0 Å². The minimum Gasteiger partial charge on any atom is -0.392 e. The Bertz CT molecular complexity index is 123. The van der Waals surface area contributed by atoms with Crippen LogP contribution in [0.1, 0.15) is 26.7 Å². The number of allylic oxidation sites excluding steroid dienone is 3. The molecule has 0 amide bonds. The molecule has 10 heavy (non-hydrogen) atoms. The van der Waals surface area contributed by atoms with Crippen molar-refractivity contribution in [2.75, 3.05) is 6.61 Å². The molecule has 1 N–H and O–H groups in total. The highest BCUT2D eigenvalue weighted by Gasteiger charge is 1.78. The number of hydrogen-bond acceptors (Lipinski definition) is 1. The number of unbranched alkanes of at least 4 members (excludes halogenated alkanes) is 1. The van der Waals surface area contributed by atoms with Crippen LogP contribution < -0.4 is 0 Å². The van der Waals surface area contributed by atoms with Gasteiger partial charge in [-0.25, -0.2) is 0 Å². The smallest absolute Gasteiger partial charge is 0.0617 e. The lowest BCUT2D eigenvalue weighted by Gasteiger charge is -1.88. The molecule has 0 aliphatic heterocycles. The van der Waals surface area contributed by atoms with Crippen LogP contribution in [0.2, 0.25) is 0 Å². The van der Waals surface area contributed by atoms with Crippen LogP contribution in [-0.4, -0.2) is 11.7 Å². The number of aliphatic hydroxyl groups excluding tert-OH is 1. The zero-order chi connectivity index (χ0) is 7.82. The highest BCUT2D eigenvalue weighted by atomic mass is 16.2. The average molecular weight is 140 g/mol. The van der Waals surface area contributed by atoms with Gasteiger partial charge in [-0.1, -0.05) is 37.1 Å².